The molecular weight excluding hydrogens is 308 g/mol. The van der Waals surface area contributed by atoms with Gasteiger partial charge in [-0.05, 0) is 18.2 Å². The molecule has 2 rings (SSSR count). The van der Waals surface area contributed by atoms with Crippen molar-refractivity contribution in [2.75, 3.05) is 14.2 Å². The third kappa shape index (κ3) is 4.13. The van der Waals surface area contributed by atoms with Crippen LogP contribution in [0.5, 0.6) is 11.5 Å². The summed E-state index contributed by atoms with van der Waals surface area (Å²) in [4.78, 5) is 12.1. The molecule has 0 bridgehead atoms. The fraction of sp³-hybridized carbons (Fsp3) is 0.353. The molecule has 128 valence electrons. The van der Waals surface area contributed by atoms with Crippen molar-refractivity contribution in [1.82, 2.24) is 15.6 Å². The Kier molecular flexibility index (Phi) is 5.23. The zero-order valence-corrected chi connectivity index (χ0v) is 14.5. The number of rotatable bonds is 5. The van der Waals surface area contributed by atoms with E-state index in [9.17, 15) is 4.79 Å². The first kappa shape index (κ1) is 17.5. The fourth-order valence-corrected chi connectivity index (χ4v) is 1.97. The maximum absolute atomic E-state index is 12.1. The van der Waals surface area contributed by atoms with E-state index in [0.717, 1.165) is 11.3 Å². The Balaban J connectivity index is 2.06. The van der Waals surface area contributed by atoms with E-state index < -0.39 is 0 Å². The number of aromatic amines is 1. The Morgan fingerprint density at radius 2 is 2.00 bits per heavy atom. The number of carbonyl (C=O) groups is 1. The van der Waals surface area contributed by atoms with E-state index in [4.69, 9.17) is 9.47 Å². The third-order valence-corrected chi connectivity index (χ3v) is 3.43. The molecule has 0 saturated heterocycles. The Hall–Kier alpha value is -2.83. The van der Waals surface area contributed by atoms with Gasteiger partial charge in [0.2, 0.25) is 0 Å². The van der Waals surface area contributed by atoms with Gasteiger partial charge in [0.15, 0.2) is 5.69 Å². The van der Waals surface area contributed by atoms with Crippen molar-refractivity contribution in [2.24, 2.45) is 5.10 Å². The van der Waals surface area contributed by atoms with Crippen LogP contribution in [0.2, 0.25) is 0 Å². The number of ether oxygens (including phenoxy) is 2. The molecular formula is C17H22N4O3. The molecule has 0 fully saturated rings. The third-order valence-electron chi connectivity index (χ3n) is 3.43. The Morgan fingerprint density at radius 1 is 1.25 bits per heavy atom. The average Bonchev–Trinajstić information content (AvgIpc) is 3.05. The van der Waals surface area contributed by atoms with Gasteiger partial charge in [0.25, 0.3) is 5.91 Å². The summed E-state index contributed by atoms with van der Waals surface area (Å²) >= 11 is 0. The highest BCUT2D eigenvalue weighted by molar-refractivity contribution is 5.93. The van der Waals surface area contributed by atoms with E-state index >= 15 is 0 Å². The maximum Gasteiger partial charge on any atom is 0.291 e. The van der Waals surface area contributed by atoms with Crippen molar-refractivity contribution in [3.05, 3.63) is 41.2 Å². The minimum absolute atomic E-state index is 0.106. The van der Waals surface area contributed by atoms with Gasteiger partial charge >= 0.3 is 0 Å². The second-order valence-corrected chi connectivity index (χ2v) is 6.22. The van der Waals surface area contributed by atoms with Gasteiger partial charge in [-0.15, -0.1) is 0 Å². The number of methoxy groups -OCH3 is 2. The van der Waals surface area contributed by atoms with E-state index in [-0.39, 0.29) is 11.3 Å². The van der Waals surface area contributed by atoms with Crippen LogP contribution in [-0.2, 0) is 5.41 Å². The summed E-state index contributed by atoms with van der Waals surface area (Å²) in [6.07, 6.45) is 1.51. The zero-order chi connectivity index (χ0) is 17.7. The first-order valence-electron chi connectivity index (χ1n) is 7.46. The lowest BCUT2D eigenvalue weighted by molar-refractivity contribution is 0.0950. The molecule has 7 heteroatoms. The number of nitrogens with one attached hydrogen (secondary N) is 2. The number of nitrogens with zero attached hydrogens (tertiary/aromatic N) is 2. The predicted octanol–water partition coefficient (Wildman–Crippen LogP) is 2.49. The number of carbonyl (C=O) groups excluding carboxylic acids is 1. The molecule has 0 aliphatic rings. The van der Waals surface area contributed by atoms with Crippen molar-refractivity contribution in [2.45, 2.75) is 26.2 Å². The molecule has 1 aromatic heterocycles. The molecule has 0 spiro atoms. The van der Waals surface area contributed by atoms with Crippen LogP contribution in [0.1, 0.15) is 42.5 Å². The predicted molar refractivity (Wildman–Crippen MR) is 91.9 cm³/mol. The number of hydrogen-bond acceptors (Lipinski definition) is 5. The van der Waals surface area contributed by atoms with Crippen LogP contribution in [0, 0.1) is 0 Å². The monoisotopic (exact) mass is 330 g/mol. The highest BCUT2D eigenvalue weighted by Gasteiger charge is 2.19. The maximum atomic E-state index is 12.1. The summed E-state index contributed by atoms with van der Waals surface area (Å²) in [5, 5.41) is 10.8. The molecule has 0 atom stereocenters. The molecule has 0 saturated carbocycles. The van der Waals surface area contributed by atoms with Crippen LogP contribution in [0.3, 0.4) is 0 Å². The van der Waals surface area contributed by atoms with Crippen LogP contribution >= 0.6 is 0 Å². The Bertz CT molecular complexity index is 745. The minimum Gasteiger partial charge on any atom is -0.497 e. The molecule has 1 aromatic carbocycles. The van der Waals surface area contributed by atoms with Crippen molar-refractivity contribution < 1.29 is 14.3 Å². The second-order valence-electron chi connectivity index (χ2n) is 6.22. The number of aromatic nitrogens is 2. The van der Waals surface area contributed by atoms with Crippen molar-refractivity contribution in [1.29, 1.82) is 0 Å². The first-order chi connectivity index (χ1) is 11.3. The zero-order valence-electron chi connectivity index (χ0n) is 14.5. The summed E-state index contributed by atoms with van der Waals surface area (Å²) in [6.45, 7) is 6.11. The summed E-state index contributed by atoms with van der Waals surface area (Å²) in [7, 11) is 3.14. The lowest BCUT2D eigenvalue weighted by atomic mass is 9.92. The van der Waals surface area contributed by atoms with Gasteiger partial charge in [-0.25, -0.2) is 5.43 Å². The molecule has 1 amide bonds. The largest absolute Gasteiger partial charge is 0.497 e. The van der Waals surface area contributed by atoms with E-state index in [2.05, 4.69) is 20.7 Å². The molecule has 24 heavy (non-hydrogen) atoms. The minimum atomic E-state index is -0.384. The van der Waals surface area contributed by atoms with Gasteiger partial charge < -0.3 is 9.47 Å². The number of hydrogen-bond donors (Lipinski definition) is 2. The summed E-state index contributed by atoms with van der Waals surface area (Å²) in [6, 6.07) is 7.04. The quantitative estimate of drug-likeness (QED) is 0.651. The van der Waals surface area contributed by atoms with E-state index in [0.29, 0.717) is 17.2 Å². The average molecular weight is 330 g/mol. The Labute approximate surface area is 141 Å². The van der Waals surface area contributed by atoms with Gasteiger partial charge in [-0.3, -0.25) is 9.89 Å². The first-order valence-corrected chi connectivity index (χ1v) is 7.46. The van der Waals surface area contributed by atoms with Crippen LogP contribution in [-0.4, -0.2) is 36.5 Å². The number of H-pyrrole nitrogens is 1. The molecule has 0 unspecified atom stereocenters. The second kappa shape index (κ2) is 7.16. The van der Waals surface area contributed by atoms with E-state index in [1.165, 1.54) is 6.21 Å². The van der Waals surface area contributed by atoms with Gasteiger partial charge in [-0.1, -0.05) is 20.8 Å². The lowest BCUT2D eigenvalue weighted by Crippen LogP contribution is -2.18. The lowest BCUT2D eigenvalue weighted by Gasteiger charge is -2.14. The molecule has 2 N–H and O–H groups in total. The number of benzene rings is 1. The van der Waals surface area contributed by atoms with Crippen LogP contribution in [0.25, 0.3) is 0 Å². The molecule has 0 radical (unpaired) electrons. The van der Waals surface area contributed by atoms with Gasteiger partial charge in [-0.2, -0.15) is 10.2 Å². The van der Waals surface area contributed by atoms with Crippen molar-refractivity contribution in [3.63, 3.8) is 0 Å². The van der Waals surface area contributed by atoms with Gasteiger partial charge in [0, 0.05) is 22.7 Å². The molecule has 7 nitrogen and oxygen atoms in total. The summed E-state index contributed by atoms with van der Waals surface area (Å²) in [5.74, 6) is 0.895. The van der Waals surface area contributed by atoms with Gasteiger partial charge in [0.05, 0.1) is 20.4 Å². The molecule has 0 aliphatic heterocycles. The Morgan fingerprint density at radius 3 is 2.58 bits per heavy atom. The van der Waals surface area contributed by atoms with Crippen LogP contribution in [0.4, 0.5) is 0 Å². The normalized spacial score (nSPS) is 11.5. The number of hydrazone groups is 1. The summed E-state index contributed by atoms with van der Waals surface area (Å²) in [5.41, 5.74) is 4.24. The molecule has 0 aliphatic carbocycles. The van der Waals surface area contributed by atoms with E-state index in [1.807, 2.05) is 20.8 Å². The standard InChI is InChI=1S/C17H22N4O3/c1-17(2,3)15-9-13(19-20-15)16(22)21-18-10-11-6-7-12(23-4)8-14(11)24-5/h6-10H,1-5H3,(H,19,20)(H,21,22)/b18-10-. The van der Waals surface area contributed by atoms with Crippen LogP contribution in [0.15, 0.2) is 29.4 Å². The summed E-state index contributed by atoms with van der Waals surface area (Å²) < 4.78 is 10.4. The van der Waals surface area contributed by atoms with E-state index in [1.54, 1.807) is 38.5 Å². The highest BCUT2D eigenvalue weighted by Crippen LogP contribution is 2.23. The number of amides is 1. The van der Waals surface area contributed by atoms with Gasteiger partial charge in [0.1, 0.15) is 11.5 Å². The fourth-order valence-electron chi connectivity index (χ4n) is 1.97. The van der Waals surface area contributed by atoms with Crippen LogP contribution < -0.4 is 14.9 Å². The van der Waals surface area contributed by atoms with Crippen molar-refractivity contribution >= 4 is 12.1 Å². The highest BCUT2D eigenvalue weighted by atomic mass is 16.5. The molecule has 1 heterocycles. The molecule has 2 aromatic rings. The smallest absolute Gasteiger partial charge is 0.291 e. The topological polar surface area (TPSA) is 88.6 Å². The van der Waals surface area contributed by atoms with Crippen molar-refractivity contribution in [3.8, 4) is 11.5 Å². The SMILES string of the molecule is COc1ccc(/C=N\NC(=O)c2cc(C(C)(C)C)[nH]n2)c(OC)c1.